The summed E-state index contributed by atoms with van der Waals surface area (Å²) >= 11 is 12.3. The van der Waals surface area contributed by atoms with E-state index < -0.39 is 21.6 Å². The first-order valence-corrected chi connectivity index (χ1v) is 14.3. The van der Waals surface area contributed by atoms with Crippen molar-refractivity contribution < 1.29 is 18.0 Å². The van der Waals surface area contributed by atoms with Gasteiger partial charge in [0.25, 0.3) is 0 Å². The fourth-order valence-electron chi connectivity index (χ4n) is 3.74. The van der Waals surface area contributed by atoms with Gasteiger partial charge < -0.3 is 10.2 Å². The summed E-state index contributed by atoms with van der Waals surface area (Å²) in [6.07, 6.45) is 1.44. The van der Waals surface area contributed by atoms with Gasteiger partial charge in [0.05, 0.1) is 11.9 Å². The Morgan fingerprint density at radius 1 is 1.08 bits per heavy atom. The van der Waals surface area contributed by atoms with Crippen molar-refractivity contribution in [3.05, 3.63) is 63.6 Å². The zero-order valence-corrected chi connectivity index (χ0v) is 24.0. The van der Waals surface area contributed by atoms with Crippen LogP contribution in [-0.2, 0) is 26.2 Å². The lowest BCUT2D eigenvalue weighted by Gasteiger charge is -2.32. The molecular formula is C26H35Cl2N3O4S. The molecule has 0 bridgehead atoms. The number of halogens is 2. The minimum Gasteiger partial charge on any atom is -0.350 e. The molecule has 0 heterocycles. The van der Waals surface area contributed by atoms with Crippen LogP contribution in [0.25, 0.3) is 0 Å². The van der Waals surface area contributed by atoms with Gasteiger partial charge in [-0.3, -0.25) is 13.9 Å². The van der Waals surface area contributed by atoms with E-state index in [9.17, 15) is 18.0 Å². The summed E-state index contributed by atoms with van der Waals surface area (Å²) in [4.78, 5) is 27.8. The molecule has 0 aliphatic rings. The van der Waals surface area contributed by atoms with Crippen LogP contribution in [0.1, 0.15) is 51.7 Å². The van der Waals surface area contributed by atoms with Gasteiger partial charge in [-0.2, -0.15) is 0 Å². The number of nitrogens with one attached hydrogen (secondary N) is 1. The largest absolute Gasteiger partial charge is 0.350 e. The van der Waals surface area contributed by atoms with E-state index >= 15 is 0 Å². The summed E-state index contributed by atoms with van der Waals surface area (Å²) in [6.45, 7) is 9.35. The minimum absolute atomic E-state index is 0.0549. The van der Waals surface area contributed by atoms with Crippen molar-refractivity contribution in [2.24, 2.45) is 0 Å². The second kappa shape index (κ2) is 12.3. The molecule has 2 rings (SSSR count). The van der Waals surface area contributed by atoms with Crippen molar-refractivity contribution in [2.45, 2.75) is 65.6 Å². The Morgan fingerprint density at radius 3 is 2.31 bits per heavy atom. The average molecular weight is 557 g/mol. The molecule has 10 heteroatoms. The van der Waals surface area contributed by atoms with Gasteiger partial charge in [0.15, 0.2) is 0 Å². The Morgan fingerprint density at radius 2 is 1.72 bits per heavy atom. The Labute approximate surface area is 224 Å². The molecule has 0 aliphatic carbocycles. The summed E-state index contributed by atoms with van der Waals surface area (Å²) < 4.78 is 26.3. The Balaban J connectivity index is 2.23. The molecular weight excluding hydrogens is 521 g/mol. The molecule has 0 saturated heterocycles. The predicted octanol–water partition coefficient (Wildman–Crippen LogP) is 5.18. The van der Waals surface area contributed by atoms with Crippen LogP contribution in [-0.4, -0.2) is 49.5 Å². The predicted molar refractivity (Wildman–Crippen MR) is 147 cm³/mol. The standard InChI is InChI=1S/C26H35Cl2N3O4S/c1-18-22(28)12-8-13-23(18)31(36(6,34)35)15-9-14-24(32)30(17-20-10-7-11-21(27)16-20)19(2)25(33)29-26(3,4)5/h7-8,10-13,16,19H,9,14-15,17H2,1-6H3,(H,29,33). The number of anilines is 1. The fraction of sp³-hybridized carbons (Fsp3) is 0.462. The number of rotatable bonds is 10. The van der Waals surface area contributed by atoms with Crippen LogP contribution >= 0.6 is 23.2 Å². The zero-order chi connectivity index (χ0) is 27.3. The van der Waals surface area contributed by atoms with Gasteiger partial charge in [0.2, 0.25) is 21.8 Å². The third-order valence-corrected chi connectivity index (χ3v) is 7.39. The fourth-order valence-corrected chi connectivity index (χ4v) is 5.14. The maximum atomic E-state index is 13.4. The van der Waals surface area contributed by atoms with Crippen molar-refractivity contribution in [1.82, 2.24) is 10.2 Å². The van der Waals surface area contributed by atoms with Crippen LogP contribution in [0.4, 0.5) is 5.69 Å². The number of hydrogen-bond acceptors (Lipinski definition) is 4. The number of carbonyl (C=O) groups is 2. The maximum absolute atomic E-state index is 13.4. The molecule has 0 saturated carbocycles. The molecule has 0 spiro atoms. The zero-order valence-electron chi connectivity index (χ0n) is 21.6. The first kappa shape index (κ1) is 29.9. The molecule has 0 radical (unpaired) electrons. The van der Waals surface area contributed by atoms with E-state index in [4.69, 9.17) is 23.2 Å². The second-order valence-corrected chi connectivity index (χ2v) is 12.6. The molecule has 2 aromatic rings. The van der Waals surface area contributed by atoms with Gasteiger partial charge in [0, 0.05) is 35.1 Å². The lowest BCUT2D eigenvalue weighted by molar-refractivity contribution is -0.141. The third kappa shape index (κ3) is 8.68. The monoisotopic (exact) mass is 555 g/mol. The van der Waals surface area contributed by atoms with E-state index in [1.54, 1.807) is 50.2 Å². The van der Waals surface area contributed by atoms with Gasteiger partial charge in [-0.05, 0) is 76.4 Å². The summed E-state index contributed by atoms with van der Waals surface area (Å²) in [5, 5.41) is 3.92. The van der Waals surface area contributed by atoms with Crippen LogP contribution < -0.4 is 9.62 Å². The molecule has 2 aromatic carbocycles. The van der Waals surface area contributed by atoms with E-state index in [0.29, 0.717) is 21.3 Å². The molecule has 1 unspecified atom stereocenters. The van der Waals surface area contributed by atoms with Crippen molar-refractivity contribution in [2.75, 3.05) is 17.1 Å². The average Bonchev–Trinajstić information content (AvgIpc) is 2.75. The van der Waals surface area contributed by atoms with E-state index in [1.165, 1.54) is 9.21 Å². The Bertz CT molecular complexity index is 1200. The van der Waals surface area contributed by atoms with Gasteiger partial charge in [-0.1, -0.05) is 41.4 Å². The third-order valence-electron chi connectivity index (χ3n) is 5.57. The van der Waals surface area contributed by atoms with Gasteiger partial charge >= 0.3 is 0 Å². The van der Waals surface area contributed by atoms with Crippen LogP contribution in [0.5, 0.6) is 0 Å². The molecule has 1 atom stereocenters. The number of benzene rings is 2. The van der Waals surface area contributed by atoms with Gasteiger partial charge in [-0.25, -0.2) is 8.42 Å². The van der Waals surface area contributed by atoms with Crippen molar-refractivity contribution in [3.8, 4) is 0 Å². The molecule has 0 aliphatic heterocycles. The molecule has 7 nitrogen and oxygen atoms in total. The Kier molecular flexibility index (Phi) is 10.2. The normalized spacial score (nSPS) is 12.7. The maximum Gasteiger partial charge on any atom is 0.242 e. The summed E-state index contributed by atoms with van der Waals surface area (Å²) in [7, 11) is -3.61. The lowest BCUT2D eigenvalue weighted by Crippen LogP contribution is -2.52. The highest BCUT2D eigenvalue weighted by atomic mass is 35.5. The van der Waals surface area contributed by atoms with Crippen LogP contribution in [0.15, 0.2) is 42.5 Å². The van der Waals surface area contributed by atoms with Crippen molar-refractivity contribution in [3.63, 3.8) is 0 Å². The van der Waals surface area contributed by atoms with E-state index in [2.05, 4.69) is 5.32 Å². The highest BCUT2D eigenvalue weighted by molar-refractivity contribution is 7.92. The molecule has 1 N–H and O–H groups in total. The summed E-state index contributed by atoms with van der Waals surface area (Å²) in [5.41, 5.74) is 1.46. The van der Waals surface area contributed by atoms with Crippen LogP contribution in [0.2, 0.25) is 10.0 Å². The Hall–Kier alpha value is -2.29. The number of nitrogens with zero attached hydrogens (tertiary/aromatic N) is 2. The van der Waals surface area contributed by atoms with Crippen molar-refractivity contribution >= 4 is 50.7 Å². The van der Waals surface area contributed by atoms with Crippen LogP contribution in [0, 0.1) is 6.92 Å². The van der Waals surface area contributed by atoms with E-state index in [1.807, 2.05) is 26.8 Å². The highest BCUT2D eigenvalue weighted by Gasteiger charge is 2.29. The van der Waals surface area contributed by atoms with Gasteiger partial charge in [0.1, 0.15) is 6.04 Å². The lowest BCUT2D eigenvalue weighted by atomic mass is 10.1. The summed E-state index contributed by atoms with van der Waals surface area (Å²) in [5.74, 6) is -0.534. The second-order valence-electron chi connectivity index (χ2n) is 9.89. The van der Waals surface area contributed by atoms with Gasteiger partial charge in [-0.15, -0.1) is 0 Å². The first-order chi connectivity index (χ1) is 16.6. The smallest absolute Gasteiger partial charge is 0.242 e. The molecule has 0 aromatic heterocycles. The number of hydrogen-bond donors (Lipinski definition) is 1. The number of sulfonamides is 1. The topological polar surface area (TPSA) is 86.8 Å². The molecule has 2 amide bonds. The summed E-state index contributed by atoms with van der Waals surface area (Å²) in [6, 6.07) is 11.5. The number of amides is 2. The van der Waals surface area contributed by atoms with Crippen LogP contribution in [0.3, 0.4) is 0 Å². The highest BCUT2D eigenvalue weighted by Crippen LogP contribution is 2.28. The molecule has 198 valence electrons. The molecule has 36 heavy (non-hydrogen) atoms. The van der Waals surface area contributed by atoms with Crippen molar-refractivity contribution in [1.29, 1.82) is 0 Å². The minimum atomic E-state index is -3.61. The van der Waals surface area contributed by atoms with E-state index in [0.717, 1.165) is 11.8 Å². The molecule has 0 fully saturated rings. The number of carbonyl (C=O) groups excluding carboxylic acids is 2. The quantitative estimate of drug-likeness (QED) is 0.437. The van der Waals surface area contributed by atoms with E-state index in [-0.39, 0.29) is 37.7 Å². The SMILES string of the molecule is Cc1c(Cl)cccc1N(CCCC(=O)N(Cc1cccc(Cl)c1)C(C)C(=O)NC(C)(C)C)S(C)(=O)=O. The first-order valence-electron chi connectivity index (χ1n) is 11.7.